The third-order valence-electron chi connectivity index (χ3n) is 2.78. The van der Waals surface area contributed by atoms with Crippen LogP contribution in [0, 0.1) is 0 Å². The molecule has 0 aromatic heterocycles. The molecule has 2 nitrogen and oxygen atoms in total. The van der Waals surface area contributed by atoms with Crippen molar-refractivity contribution >= 4 is 5.97 Å². The van der Waals surface area contributed by atoms with Gasteiger partial charge in [0.1, 0.15) is 0 Å². The van der Waals surface area contributed by atoms with Crippen LogP contribution >= 0.6 is 0 Å². The molecule has 104 valence electrons. The summed E-state index contributed by atoms with van der Waals surface area (Å²) in [6.07, 6.45) is 19.1. The minimum absolute atomic E-state index is 0.192. The maximum Gasteiger partial charge on any atom is 0.0414 e. The Kier molecular flexibility index (Phi) is 13.2. The van der Waals surface area contributed by atoms with Gasteiger partial charge in [-0.25, -0.2) is 0 Å². The lowest BCUT2D eigenvalue weighted by atomic mass is 10.1. The standard InChI is InChI=1S/C16H28O2/c1-2-3-4-5-6-7-8-9-10-11-12-13-14-15-16(17)18/h4-5,10-11H,2-3,6-9,12-15H2,1H3,(H,17,18)/p-1/b5-4-,11-10-. The minimum Gasteiger partial charge on any atom is -0.550 e. The van der Waals surface area contributed by atoms with E-state index in [2.05, 4.69) is 31.2 Å². The Hall–Kier alpha value is -1.05. The highest BCUT2D eigenvalue weighted by Gasteiger charge is 1.87. The van der Waals surface area contributed by atoms with E-state index in [4.69, 9.17) is 0 Å². The fourth-order valence-corrected chi connectivity index (χ4v) is 1.69. The molecule has 2 heteroatoms. The molecular formula is C16H27O2-. The van der Waals surface area contributed by atoms with Crippen LogP contribution in [0.5, 0.6) is 0 Å². The average Bonchev–Trinajstić information content (AvgIpc) is 2.34. The van der Waals surface area contributed by atoms with Crippen LogP contribution in [0.15, 0.2) is 24.3 Å². The molecule has 0 aliphatic heterocycles. The van der Waals surface area contributed by atoms with Gasteiger partial charge in [0.25, 0.3) is 0 Å². The van der Waals surface area contributed by atoms with Crippen molar-refractivity contribution in [1.82, 2.24) is 0 Å². The molecule has 0 saturated heterocycles. The highest BCUT2D eigenvalue weighted by molar-refractivity contribution is 5.64. The summed E-state index contributed by atoms with van der Waals surface area (Å²) in [5.41, 5.74) is 0. The first kappa shape index (κ1) is 16.9. The zero-order valence-electron chi connectivity index (χ0n) is 11.7. The van der Waals surface area contributed by atoms with Crippen LogP contribution < -0.4 is 5.11 Å². The fraction of sp³-hybridized carbons (Fsp3) is 0.688. The van der Waals surface area contributed by atoms with Crippen molar-refractivity contribution < 1.29 is 9.90 Å². The van der Waals surface area contributed by atoms with Gasteiger partial charge in [-0.2, -0.15) is 0 Å². The molecule has 0 radical (unpaired) electrons. The topological polar surface area (TPSA) is 40.1 Å². The molecule has 0 spiro atoms. The average molecular weight is 251 g/mol. The van der Waals surface area contributed by atoms with Crippen LogP contribution in [0.25, 0.3) is 0 Å². The second-order valence-electron chi connectivity index (χ2n) is 4.63. The van der Waals surface area contributed by atoms with Gasteiger partial charge in [0.15, 0.2) is 0 Å². The molecule has 0 aromatic rings. The van der Waals surface area contributed by atoms with Gasteiger partial charge in [-0.3, -0.25) is 0 Å². The van der Waals surface area contributed by atoms with E-state index in [1.807, 2.05) is 0 Å². The Bertz CT molecular complexity index is 241. The second-order valence-corrected chi connectivity index (χ2v) is 4.63. The number of allylic oxidation sites excluding steroid dienone is 4. The number of carbonyl (C=O) groups excluding carboxylic acids is 1. The van der Waals surface area contributed by atoms with Gasteiger partial charge in [0.05, 0.1) is 0 Å². The molecule has 0 aromatic carbocycles. The Morgan fingerprint density at radius 3 is 1.72 bits per heavy atom. The molecule has 0 rings (SSSR count). The van der Waals surface area contributed by atoms with Crippen LogP contribution in [0.2, 0.25) is 0 Å². The first-order chi connectivity index (χ1) is 8.77. The number of carbonyl (C=O) groups is 1. The summed E-state index contributed by atoms with van der Waals surface area (Å²) in [5, 5.41) is 10.2. The molecule has 0 atom stereocenters. The van der Waals surface area contributed by atoms with E-state index in [-0.39, 0.29) is 6.42 Å². The third kappa shape index (κ3) is 14.9. The van der Waals surface area contributed by atoms with Crippen molar-refractivity contribution in [3.63, 3.8) is 0 Å². The summed E-state index contributed by atoms with van der Waals surface area (Å²) < 4.78 is 0. The lowest BCUT2D eigenvalue weighted by molar-refractivity contribution is -0.305. The monoisotopic (exact) mass is 251 g/mol. The van der Waals surface area contributed by atoms with E-state index in [0.717, 1.165) is 25.7 Å². The van der Waals surface area contributed by atoms with Crippen molar-refractivity contribution in [1.29, 1.82) is 0 Å². The largest absolute Gasteiger partial charge is 0.550 e. The number of hydrogen-bond acceptors (Lipinski definition) is 2. The summed E-state index contributed by atoms with van der Waals surface area (Å²) in [7, 11) is 0. The van der Waals surface area contributed by atoms with Crippen LogP contribution in [0.3, 0.4) is 0 Å². The summed E-state index contributed by atoms with van der Waals surface area (Å²) in [6.45, 7) is 2.20. The third-order valence-corrected chi connectivity index (χ3v) is 2.78. The lowest BCUT2D eigenvalue weighted by Crippen LogP contribution is -2.21. The smallest absolute Gasteiger partial charge is 0.0414 e. The zero-order chi connectivity index (χ0) is 13.5. The van der Waals surface area contributed by atoms with Crippen molar-refractivity contribution in [2.75, 3.05) is 0 Å². The van der Waals surface area contributed by atoms with Crippen molar-refractivity contribution in [3.05, 3.63) is 24.3 Å². The van der Waals surface area contributed by atoms with Gasteiger partial charge >= 0.3 is 0 Å². The maximum atomic E-state index is 10.2. The van der Waals surface area contributed by atoms with Gasteiger partial charge in [-0.05, 0) is 57.8 Å². The van der Waals surface area contributed by atoms with E-state index >= 15 is 0 Å². The molecule has 0 heterocycles. The SMILES string of the molecule is CCC/C=C\CCCC/C=C\CCCCC(=O)[O-]. The normalized spacial score (nSPS) is 11.6. The molecular weight excluding hydrogens is 224 g/mol. The number of rotatable bonds is 12. The highest BCUT2D eigenvalue weighted by atomic mass is 16.4. The Labute approximate surface area is 112 Å². The predicted octanol–water partition coefficient (Wildman–Crippen LogP) is 3.77. The van der Waals surface area contributed by atoms with Gasteiger partial charge in [0, 0.05) is 5.97 Å². The molecule has 0 bridgehead atoms. The molecule has 0 aliphatic rings. The van der Waals surface area contributed by atoms with Crippen molar-refractivity contribution in [2.24, 2.45) is 0 Å². The van der Waals surface area contributed by atoms with E-state index in [9.17, 15) is 9.90 Å². The van der Waals surface area contributed by atoms with E-state index in [1.54, 1.807) is 0 Å². The van der Waals surface area contributed by atoms with E-state index in [1.165, 1.54) is 32.1 Å². The molecule has 0 N–H and O–H groups in total. The van der Waals surface area contributed by atoms with E-state index in [0.29, 0.717) is 0 Å². The Morgan fingerprint density at radius 2 is 1.28 bits per heavy atom. The molecule has 0 unspecified atom stereocenters. The van der Waals surface area contributed by atoms with Gasteiger partial charge in [-0.1, -0.05) is 37.6 Å². The van der Waals surface area contributed by atoms with E-state index < -0.39 is 5.97 Å². The Balaban J connectivity index is 3.16. The molecule has 18 heavy (non-hydrogen) atoms. The number of aliphatic carboxylic acids is 1. The molecule has 0 aliphatic carbocycles. The molecule has 0 fully saturated rings. The van der Waals surface area contributed by atoms with Gasteiger partial charge < -0.3 is 9.90 Å². The second kappa shape index (κ2) is 14.0. The Morgan fingerprint density at radius 1 is 0.833 bits per heavy atom. The number of unbranched alkanes of at least 4 members (excludes halogenated alkanes) is 6. The summed E-state index contributed by atoms with van der Waals surface area (Å²) >= 11 is 0. The van der Waals surface area contributed by atoms with Crippen molar-refractivity contribution in [3.8, 4) is 0 Å². The van der Waals surface area contributed by atoms with Crippen LogP contribution in [0.1, 0.15) is 71.1 Å². The van der Waals surface area contributed by atoms with Crippen LogP contribution in [-0.2, 0) is 4.79 Å². The van der Waals surface area contributed by atoms with Gasteiger partial charge in [0.2, 0.25) is 0 Å². The first-order valence-corrected chi connectivity index (χ1v) is 7.27. The van der Waals surface area contributed by atoms with Gasteiger partial charge in [-0.15, -0.1) is 0 Å². The fourth-order valence-electron chi connectivity index (χ4n) is 1.69. The maximum absolute atomic E-state index is 10.2. The highest BCUT2D eigenvalue weighted by Crippen LogP contribution is 2.05. The number of hydrogen-bond donors (Lipinski definition) is 0. The van der Waals surface area contributed by atoms with Crippen LogP contribution in [0.4, 0.5) is 0 Å². The predicted molar refractivity (Wildman–Crippen MR) is 75.1 cm³/mol. The lowest BCUT2D eigenvalue weighted by Gasteiger charge is -1.99. The van der Waals surface area contributed by atoms with Crippen LogP contribution in [-0.4, -0.2) is 5.97 Å². The summed E-state index contributed by atoms with van der Waals surface area (Å²) in [6, 6.07) is 0. The molecule has 0 amide bonds. The minimum atomic E-state index is -0.935. The summed E-state index contributed by atoms with van der Waals surface area (Å²) in [5.74, 6) is -0.935. The number of carboxylic acid groups (broad SMARTS) is 1. The first-order valence-electron chi connectivity index (χ1n) is 7.27. The molecule has 0 saturated carbocycles. The van der Waals surface area contributed by atoms with Crippen molar-refractivity contribution in [2.45, 2.75) is 71.1 Å². The zero-order valence-corrected chi connectivity index (χ0v) is 11.7. The summed E-state index contributed by atoms with van der Waals surface area (Å²) in [4.78, 5) is 10.2. The quantitative estimate of drug-likeness (QED) is 0.391. The number of carboxylic acids is 1.